The fourth-order valence-corrected chi connectivity index (χ4v) is 10.7. The van der Waals surface area contributed by atoms with Crippen molar-refractivity contribution in [2.75, 3.05) is 4.90 Å². The van der Waals surface area contributed by atoms with Gasteiger partial charge in [-0.1, -0.05) is 135 Å². The lowest BCUT2D eigenvalue weighted by atomic mass is 9.72. The number of anilines is 2. The van der Waals surface area contributed by atoms with Crippen LogP contribution in [0, 0.1) is 11.8 Å². The first-order valence-electron chi connectivity index (χ1n) is 19.5. The summed E-state index contributed by atoms with van der Waals surface area (Å²) in [5, 5.41) is 2.78. The Hall–Kier alpha value is -5.18. The molecule has 5 aliphatic carbocycles. The van der Waals surface area contributed by atoms with Gasteiger partial charge in [-0.3, -0.25) is 0 Å². The van der Waals surface area contributed by atoms with Gasteiger partial charge in [-0.15, -0.1) is 11.3 Å². The maximum Gasteiger partial charge on any atom is 0.0461 e. The maximum atomic E-state index is 2.53. The normalized spacial score (nSPS) is 21.4. The van der Waals surface area contributed by atoms with Gasteiger partial charge in [0.25, 0.3) is 0 Å². The third kappa shape index (κ3) is 5.58. The van der Waals surface area contributed by atoms with E-state index in [2.05, 4.69) is 171 Å². The van der Waals surface area contributed by atoms with Crippen LogP contribution in [0.15, 0.2) is 163 Å². The Balaban J connectivity index is 0.938. The fourth-order valence-electron chi connectivity index (χ4n) is 9.45. The van der Waals surface area contributed by atoms with E-state index in [1.165, 1.54) is 76.2 Å². The molecule has 0 saturated carbocycles. The number of rotatable bonds is 6. The second-order valence-electron chi connectivity index (χ2n) is 15.8. The van der Waals surface area contributed by atoms with E-state index in [1.807, 2.05) is 11.3 Å². The first-order valence-corrected chi connectivity index (χ1v) is 20.3. The van der Waals surface area contributed by atoms with Crippen molar-refractivity contribution in [3.8, 4) is 0 Å². The number of thiophene rings is 1. The summed E-state index contributed by atoms with van der Waals surface area (Å²) in [6.07, 6.45) is 32.7. The second-order valence-corrected chi connectivity index (χ2v) is 16.9. The van der Waals surface area contributed by atoms with E-state index in [1.54, 1.807) is 5.57 Å². The quantitative estimate of drug-likeness (QED) is 0.170. The molecule has 0 bridgehead atoms. The van der Waals surface area contributed by atoms with Crippen molar-refractivity contribution in [2.45, 2.75) is 57.8 Å². The molecular weight excluding hydrogens is 659 g/mol. The number of hydrogen-bond acceptors (Lipinski definition) is 2. The fraction of sp³-hybridized carbons (Fsp3) is 0.216. The molecule has 0 aliphatic heterocycles. The molecule has 1 aromatic heterocycles. The Kier molecular flexibility index (Phi) is 7.99. The van der Waals surface area contributed by atoms with Crippen molar-refractivity contribution in [3.63, 3.8) is 0 Å². The standard InChI is InChI=1S/C51H45NS/c1-51(2)46-32-31-44-43-15-9-10-16-48(43)53-50(44)49(46)45-30-23-39(33-47(45)51)38-21-28-42(29-22-38)52(40-24-17-36(18-25-40)34-11-5-3-6-12-34)41-26-19-37(20-27-41)35-13-7-4-8-14-35/h3,5,7,9-11,13-21,23-32,38-39H,4,6,8,12,22,33H2,1-2H3. The van der Waals surface area contributed by atoms with Crippen LogP contribution in [0.4, 0.5) is 11.4 Å². The van der Waals surface area contributed by atoms with Crippen LogP contribution in [0.3, 0.4) is 0 Å². The Labute approximate surface area is 318 Å². The number of allylic oxidation sites excluding steroid dienone is 15. The SMILES string of the molecule is CC1(C)C2=C(C=CC(C3C=CC(N(c4ccc(C5=CCCC=C5)cc4)c4ccc(C5=CC=CCC5)cc4)=CC3)C2)c2c1ccc1c2sc2ccccc21. The lowest BCUT2D eigenvalue weighted by molar-refractivity contribution is 0.442. The van der Waals surface area contributed by atoms with E-state index in [4.69, 9.17) is 0 Å². The predicted octanol–water partition coefficient (Wildman–Crippen LogP) is 14.4. The smallest absolute Gasteiger partial charge is 0.0461 e. The summed E-state index contributed by atoms with van der Waals surface area (Å²) in [4.78, 5) is 2.45. The molecule has 5 aromatic rings. The molecule has 10 rings (SSSR count). The largest absolute Gasteiger partial charge is 0.311 e. The Morgan fingerprint density at radius 1 is 0.698 bits per heavy atom. The van der Waals surface area contributed by atoms with E-state index in [-0.39, 0.29) is 5.41 Å². The molecular formula is C51H45NS. The summed E-state index contributed by atoms with van der Waals surface area (Å²) in [6.45, 7) is 4.91. The monoisotopic (exact) mass is 703 g/mol. The van der Waals surface area contributed by atoms with Gasteiger partial charge in [0, 0.05) is 48.2 Å². The summed E-state index contributed by atoms with van der Waals surface area (Å²) in [5.41, 5.74) is 15.1. The highest BCUT2D eigenvalue weighted by atomic mass is 32.1. The minimum atomic E-state index is 0.0277. The average molecular weight is 704 g/mol. The summed E-state index contributed by atoms with van der Waals surface area (Å²) < 4.78 is 2.84. The van der Waals surface area contributed by atoms with Crippen LogP contribution < -0.4 is 4.90 Å². The molecule has 2 atom stereocenters. The van der Waals surface area contributed by atoms with Gasteiger partial charge in [-0.2, -0.15) is 0 Å². The van der Waals surface area contributed by atoms with Crippen LogP contribution >= 0.6 is 11.3 Å². The molecule has 0 radical (unpaired) electrons. The van der Waals surface area contributed by atoms with Crippen molar-refractivity contribution < 1.29 is 0 Å². The van der Waals surface area contributed by atoms with Crippen molar-refractivity contribution in [2.24, 2.45) is 11.8 Å². The first kappa shape index (κ1) is 32.5. The molecule has 1 heterocycles. The van der Waals surface area contributed by atoms with Gasteiger partial charge in [0.15, 0.2) is 0 Å². The second kappa shape index (κ2) is 13.0. The van der Waals surface area contributed by atoms with Gasteiger partial charge in [-0.25, -0.2) is 0 Å². The molecule has 260 valence electrons. The molecule has 0 spiro atoms. The summed E-state index contributed by atoms with van der Waals surface area (Å²) >= 11 is 1.96. The molecule has 0 amide bonds. The lowest BCUT2D eigenvalue weighted by Gasteiger charge is -2.34. The highest BCUT2D eigenvalue weighted by Gasteiger charge is 2.41. The predicted molar refractivity (Wildman–Crippen MR) is 230 cm³/mol. The van der Waals surface area contributed by atoms with Gasteiger partial charge in [0.1, 0.15) is 0 Å². The van der Waals surface area contributed by atoms with Crippen LogP contribution in [0.25, 0.3) is 36.9 Å². The van der Waals surface area contributed by atoms with Crippen LogP contribution in [-0.2, 0) is 5.41 Å². The Morgan fingerprint density at radius 2 is 1.49 bits per heavy atom. The molecule has 0 saturated heterocycles. The van der Waals surface area contributed by atoms with Gasteiger partial charge < -0.3 is 4.90 Å². The number of benzene rings is 4. The molecule has 2 heteroatoms. The molecule has 5 aliphatic rings. The lowest BCUT2D eigenvalue weighted by Crippen LogP contribution is -2.24. The zero-order valence-electron chi connectivity index (χ0n) is 30.7. The van der Waals surface area contributed by atoms with Crippen molar-refractivity contribution in [1.82, 2.24) is 0 Å². The van der Waals surface area contributed by atoms with E-state index < -0.39 is 0 Å². The number of hydrogen-bond donors (Lipinski definition) is 0. The van der Waals surface area contributed by atoms with Gasteiger partial charge in [0.2, 0.25) is 0 Å². The summed E-state index contributed by atoms with van der Waals surface area (Å²) in [6, 6.07) is 32.1. The zero-order valence-corrected chi connectivity index (χ0v) is 31.5. The third-order valence-corrected chi connectivity index (χ3v) is 13.6. The summed E-state index contributed by atoms with van der Waals surface area (Å²) in [7, 11) is 0. The van der Waals surface area contributed by atoms with Crippen molar-refractivity contribution in [3.05, 3.63) is 185 Å². The van der Waals surface area contributed by atoms with Crippen LogP contribution in [0.5, 0.6) is 0 Å². The molecule has 1 nitrogen and oxygen atoms in total. The molecule has 2 unspecified atom stereocenters. The highest BCUT2D eigenvalue weighted by Crippen LogP contribution is 2.55. The van der Waals surface area contributed by atoms with E-state index in [9.17, 15) is 0 Å². The topological polar surface area (TPSA) is 3.24 Å². The van der Waals surface area contributed by atoms with Crippen molar-refractivity contribution >= 4 is 59.6 Å². The van der Waals surface area contributed by atoms with Crippen molar-refractivity contribution in [1.29, 1.82) is 0 Å². The minimum absolute atomic E-state index is 0.0277. The van der Waals surface area contributed by atoms with Crippen LogP contribution in [0.2, 0.25) is 0 Å². The summed E-state index contributed by atoms with van der Waals surface area (Å²) in [5.74, 6) is 0.951. The Bertz CT molecular complexity index is 2520. The average Bonchev–Trinajstić information content (AvgIpc) is 3.71. The van der Waals surface area contributed by atoms with Gasteiger partial charge in [-0.05, 0) is 120 Å². The molecule has 0 fully saturated rings. The van der Waals surface area contributed by atoms with Crippen LogP contribution in [-0.4, -0.2) is 0 Å². The van der Waals surface area contributed by atoms with Crippen LogP contribution in [0.1, 0.15) is 74.6 Å². The van der Waals surface area contributed by atoms with Gasteiger partial charge >= 0.3 is 0 Å². The van der Waals surface area contributed by atoms with E-state index >= 15 is 0 Å². The maximum absolute atomic E-state index is 2.53. The molecule has 53 heavy (non-hydrogen) atoms. The zero-order chi connectivity index (χ0) is 35.5. The van der Waals surface area contributed by atoms with Gasteiger partial charge in [0.05, 0.1) is 0 Å². The minimum Gasteiger partial charge on any atom is -0.311 e. The molecule has 4 aromatic carbocycles. The Morgan fingerprint density at radius 3 is 2.23 bits per heavy atom. The third-order valence-electron chi connectivity index (χ3n) is 12.4. The number of fused-ring (bicyclic) bond motifs is 6. The highest BCUT2D eigenvalue weighted by molar-refractivity contribution is 7.26. The molecule has 0 N–H and O–H groups in total. The number of nitrogens with zero attached hydrogens (tertiary/aromatic N) is 1. The first-order chi connectivity index (χ1) is 26.0. The van der Waals surface area contributed by atoms with E-state index in [0.717, 1.165) is 38.5 Å². The van der Waals surface area contributed by atoms with E-state index in [0.29, 0.717) is 11.8 Å².